The lowest BCUT2D eigenvalue weighted by Crippen LogP contribution is -2.34. The molecule has 2 aromatic rings. The minimum atomic E-state index is -0.182. The predicted octanol–water partition coefficient (Wildman–Crippen LogP) is 2.49. The molecule has 1 fully saturated rings. The zero-order valence-electron chi connectivity index (χ0n) is 15.9. The topological polar surface area (TPSA) is 85.2 Å². The van der Waals surface area contributed by atoms with E-state index < -0.39 is 0 Å². The van der Waals surface area contributed by atoms with Crippen LogP contribution in [0.15, 0.2) is 24.3 Å². The Labute approximate surface area is 168 Å². The third-order valence-electron chi connectivity index (χ3n) is 5.08. The molecule has 0 saturated carbocycles. The zero-order chi connectivity index (χ0) is 19.5. The van der Waals surface area contributed by atoms with Gasteiger partial charge >= 0.3 is 0 Å². The van der Waals surface area contributed by atoms with E-state index in [1.165, 1.54) is 0 Å². The fourth-order valence-corrected chi connectivity index (χ4v) is 4.58. The summed E-state index contributed by atoms with van der Waals surface area (Å²) in [6, 6.07) is 7.46. The molecule has 8 heteroatoms. The molecule has 2 aliphatic heterocycles. The summed E-state index contributed by atoms with van der Waals surface area (Å²) in [6.45, 7) is 3.26. The Balaban J connectivity index is 1.48. The first-order valence-electron chi connectivity index (χ1n) is 9.53. The Morgan fingerprint density at radius 1 is 1.32 bits per heavy atom. The highest BCUT2D eigenvalue weighted by Crippen LogP contribution is 2.35. The molecule has 1 atom stereocenters. The van der Waals surface area contributed by atoms with E-state index >= 15 is 0 Å². The number of hydrogen-bond donors (Lipinski definition) is 2. The van der Waals surface area contributed by atoms with E-state index in [0.29, 0.717) is 17.9 Å². The van der Waals surface area contributed by atoms with Crippen molar-refractivity contribution in [3.8, 4) is 0 Å². The second kappa shape index (κ2) is 8.36. The number of rotatable bonds is 6. The largest absolute Gasteiger partial charge is 0.376 e. The summed E-state index contributed by atoms with van der Waals surface area (Å²) in [6.07, 6.45) is 2.12. The number of amides is 2. The minimum Gasteiger partial charge on any atom is -0.376 e. The van der Waals surface area contributed by atoms with Gasteiger partial charge in [-0.15, -0.1) is 0 Å². The summed E-state index contributed by atoms with van der Waals surface area (Å²) >= 11 is 1.76. The maximum Gasteiger partial charge on any atom is 0.257 e. The van der Waals surface area contributed by atoms with Gasteiger partial charge in [0, 0.05) is 35.8 Å². The predicted molar refractivity (Wildman–Crippen MR) is 108 cm³/mol. The lowest BCUT2D eigenvalue weighted by Gasteiger charge is -2.13. The van der Waals surface area contributed by atoms with Gasteiger partial charge in [0.15, 0.2) is 0 Å². The van der Waals surface area contributed by atoms with Crippen molar-refractivity contribution in [1.82, 2.24) is 15.1 Å². The second-order valence-electron chi connectivity index (χ2n) is 7.13. The van der Waals surface area contributed by atoms with Crippen LogP contribution < -0.4 is 10.6 Å². The lowest BCUT2D eigenvalue weighted by atomic mass is 10.1. The monoisotopic (exact) mass is 400 g/mol. The van der Waals surface area contributed by atoms with Gasteiger partial charge in [0.05, 0.1) is 11.8 Å². The molecule has 2 amide bonds. The van der Waals surface area contributed by atoms with E-state index in [1.807, 2.05) is 25.1 Å². The average Bonchev–Trinajstić information content (AvgIpc) is 3.40. The van der Waals surface area contributed by atoms with E-state index in [9.17, 15) is 9.59 Å². The maximum atomic E-state index is 12.8. The highest BCUT2D eigenvalue weighted by molar-refractivity contribution is 7.98. The molecule has 28 heavy (non-hydrogen) atoms. The number of carbonyl (C=O) groups excluding carboxylic acids is 2. The first-order valence-corrected chi connectivity index (χ1v) is 10.7. The van der Waals surface area contributed by atoms with Crippen molar-refractivity contribution in [2.45, 2.75) is 43.9 Å². The van der Waals surface area contributed by atoms with Crippen molar-refractivity contribution in [3.05, 3.63) is 46.6 Å². The summed E-state index contributed by atoms with van der Waals surface area (Å²) in [5.74, 6) is 1.90. The summed E-state index contributed by atoms with van der Waals surface area (Å²) in [7, 11) is 0. The molecular weight excluding hydrogens is 376 g/mol. The van der Waals surface area contributed by atoms with Crippen molar-refractivity contribution in [3.63, 3.8) is 0 Å². The Bertz CT molecular complexity index is 890. The van der Waals surface area contributed by atoms with Crippen LogP contribution in [0.2, 0.25) is 0 Å². The van der Waals surface area contributed by atoms with Crippen molar-refractivity contribution in [2.75, 3.05) is 18.5 Å². The molecule has 7 nitrogen and oxygen atoms in total. The molecule has 1 aromatic heterocycles. The Morgan fingerprint density at radius 3 is 2.96 bits per heavy atom. The van der Waals surface area contributed by atoms with Crippen molar-refractivity contribution >= 4 is 29.4 Å². The minimum absolute atomic E-state index is 0.0772. The number of carbonyl (C=O) groups is 2. The van der Waals surface area contributed by atoms with Crippen LogP contribution >= 0.6 is 11.8 Å². The van der Waals surface area contributed by atoms with Crippen molar-refractivity contribution in [2.24, 2.45) is 0 Å². The molecule has 3 heterocycles. The molecule has 2 aliphatic rings. The number of benzene rings is 1. The first kappa shape index (κ1) is 19.0. The fraction of sp³-hybridized carbons (Fsp3) is 0.450. The van der Waals surface area contributed by atoms with Crippen LogP contribution in [0, 0.1) is 6.92 Å². The van der Waals surface area contributed by atoms with Crippen LogP contribution in [0.1, 0.15) is 40.0 Å². The molecule has 0 radical (unpaired) electrons. The normalized spacial score (nSPS) is 18.1. The highest BCUT2D eigenvalue weighted by Gasteiger charge is 2.26. The SMILES string of the molecule is Cc1ccccc1C(=O)Nc1c2c(nn1CC(=O)NCC1CCCO1)CSC2. The number of anilines is 1. The van der Waals surface area contributed by atoms with Gasteiger partial charge in [-0.3, -0.25) is 9.59 Å². The summed E-state index contributed by atoms with van der Waals surface area (Å²) in [4.78, 5) is 25.2. The van der Waals surface area contributed by atoms with Gasteiger partial charge in [-0.05, 0) is 31.4 Å². The van der Waals surface area contributed by atoms with Gasteiger partial charge in [0.25, 0.3) is 5.91 Å². The van der Waals surface area contributed by atoms with Crippen LogP contribution in [0.4, 0.5) is 5.82 Å². The van der Waals surface area contributed by atoms with Gasteiger partial charge in [-0.25, -0.2) is 4.68 Å². The quantitative estimate of drug-likeness (QED) is 0.778. The van der Waals surface area contributed by atoms with Crippen molar-refractivity contribution < 1.29 is 14.3 Å². The number of aromatic nitrogens is 2. The fourth-order valence-electron chi connectivity index (χ4n) is 3.55. The van der Waals surface area contributed by atoms with E-state index in [4.69, 9.17) is 4.74 Å². The lowest BCUT2D eigenvalue weighted by molar-refractivity contribution is -0.122. The molecule has 1 aromatic carbocycles. The summed E-state index contributed by atoms with van der Waals surface area (Å²) in [5, 5.41) is 10.5. The van der Waals surface area contributed by atoms with Crippen LogP contribution in [0.5, 0.6) is 0 Å². The summed E-state index contributed by atoms with van der Waals surface area (Å²) < 4.78 is 7.16. The van der Waals surface area contributed by atoms with E-state index in [2.05, 4.69) is 15.7 Å². The Morgan fingerprint density at radius 2 is 2.18 bits per heavy atom. The van der Waals surface area contributed by atoms with Crippen LogP contribution in [0.3, 0.4) is 0 Å². The third-order valence-corrected chi connectivity index (χ3v) is 6.06. The molecular formula is C20H24N4O3S. The van der Waals surface area contributed by atoms with Gasteiger partial charge in [0.2, 0.25) is 5.91 Å². The van der Waals surface area contributed by atoms with E-state index in [1.54, 1.807) is 22.5 Å². The smallest absolute Gasteiger partial charge is 0.257 e. The average molecular weight is 401 g/mol. The van der Waals surface area contributed by atoms with Crippen molar-refractivity contribution in [1.29, 1.82) is 0 Å². The molecule has 0 bridgehead atoms. The number of ether oxygens (including phenoxy) is 1. The van der Waals surface area contributed by atoms with Gasteiger partial charge in [-0.2, -0.15) is 16.9 Å². The molecule has 1 unspecified atom stereocenters. The number of hydrogen-bond acceptors (Lipinski definition) is 5. The molecule has 2 N–H and O–H groups in total. The maximum absolute atomic E-state index is 12.8. The van der Waals surface area contributed by atoms with E-state index in [-0.39, 0.29) is 24.5 Å². The van der Waals surface area contributed by atoms with E-state index in [0.717, 1.165) is 47.8 Å². The number of nitrogens with zero attached hydrogens (tertiary/aromatic N) is 2. The molecule has 0 spiro atoms. The number of fused-ring (bicyclic) bond motifs is 1. The number of thioether (sulfide) groups is 1. The molecule has 0 aliphatic carbocycles. The second-order valence-corrected chi connectivity index (χ2v) is 8.12. The number of aryl methyl sites for hydroxylation is 1. The first-order chi connectivity index (χ1) is 13.6. The van der Waals surface area contributed by atoms with Crippen LogP contribution in [0.25, 0.3) is 0 Å². The van der Waals surface area contributed by atoms with Gasteiger partial charge in [0.1, 0.15) is 12.4 Å². The van der Waals surface area contributed by atoms with Gasteiger partial charge in [-0.1, -0.05) is 18.2 Å². The highest BCUT2D eigenvalue weighted by atomic mass is 32.2. The standard InChI is InChI=1S/C20H24N4O3S/c1-13-5-2-3-7-15(13)20(26)22-19-16-11-28-12-17(16)23-24(19)10-18(25)21-9-14-6-4-8-27-14/h2-3,5,7,14H,4,6,8-12H2,1H3,(H,21,25)(H,22,26). The molecule has 1 saturated heterocycles. The zero-order valence-corrected chi connectivity index (χ0v) is 16.7. The van der Waals surface area contributed by atoms with Crippen LogP contribution in [-0.4, -0.2) is 40.9 Å². The Hall–Kier alpha value is -2.32. The van der Waals surface area contributed by atoms with Gasteiger partial charge < -0.3 is 15.4 Å². The molecule has 148 valence electrons. The third kappa shape index (κ3) is 4.07. The summed E-state index contributed by atoms with van der Waals surface area (Å²) in [5.41, 5.74) is 3.49. The Kier molecular flexibility index (Phi) is 5.68. The van der Waals surface area contributed by atoms with Crippen LogP contribution in [-0.2, 0) is 27.6 Å². The molecule has 4 rings (SSSR count). The number of nitrogens with one attached hydrogen (secondary N) is 2.